The summed E-state index contributed by atoms with van der Waals surface area (Å²) in [5, 5.41) is 0. The zero-order valence-electron chi connectivity index (χ0n) is 17.0. The molecular weight excluding hydrogens is 384 g/mol. The summed E-state index contributed by atoms with van der Waals surface area (Å²) in [4.78, 5) is 0. The number of hydrogen-bond donors (Lipinski definition) is 0. The lowest BCUT2D eigenvalue weighted by Crippen LogP contribution is -2.15. The molecule has 0 spiro atoms. The van der Waals surface area contributed by atoms with Crippen molar-refractivity contribution in [2.45, 2.75) is 12.8 Å². The molecule has 0 fully saturated rings. The first-order valence-corrected chi connectivity index (χ1v) is 11.9. The third kappa shape index (κ3) is 5.21. The molecule has 30 heavy (non-hydrogen) atoms. The molecule has 4 aromatic carbocycles. The fourth-order valence-electron chi connectivity index (χ4n) is 3.82. The van der Waals surface area contributed by atoms with E-state index in [9.17, 15) is 4.55 Å². The molecule has 4 rings (SSSR count). The Bertz CT molecular complexity index is 973. The highest BCUT2D eigenvalue weighted by atomic mass is 32.2. The summed E-state index contributed by atoms with van der Waals surface area (Å²) < 4.78 is 12.8. The predicted octanol–water partition coefficient (Wildman–Crippen LogP) is 6.55. The van der Waals surface area contributed by atoms with Crippen molar-refractivity contribution in [3.05, 3.63) is 120 Å². The molecule has 0 heterocycles. The van der Waals surface area contributed by atoms with E-state index < -0.39 is 11.2 Å². The Morgan fingerprint density at radius 3 is 1.27 bits per heavy atom. The van der Waals surface area contributed by atoms with E-state index in [-0.39, 0.29) is 0 Å². The second-order valence-electron chi connectivity index (χ2n) is 7.39. The zero-order chi connectivity index (χ0) is 20.6. The molecule has 4 aromatic rings. The van der Waals surface area contributed by atoms with Gasteiger partial charge in [0.1, 0.15) is 11.5 Å². The molecule has 0 amide bonds. The van der Waals surface area contributed by atoms with Crippen molar-refractivity contribution in [2.24, 2.45) is 0 Å². The maximum atomic E-state index is 12.8. The summed E-state index contributed by atoms with van der Waals surface area (Å²) in [6.07, 6.45) is 1.66. The fraction of sp³-hybridized carbons (Fsp3) is 0.143. The molecule has 0 saturated carbocycles. The van der Waals surface area contributed by atoms with Gasteiger partial charge in [-0.3, -0.25) is 0 Å². The minimum atomic E-state index is -0.850. The Kier molecular flexibility index (Phi) is 7.02. The second-order valence-corrected chi connectivity index (χ2v) is 9.09. The van der Waals surface area contributed by atoms with E-state index in [0.29, 0.717) is 11.5 Å². The van der Waals surface area contributed by atoms with E-state index in [1.54, 1.807) is 0 Å². The first-order chi connectivity index (χ1) is 14.8. The lowest BCUT2D eigenvalue weighted by Gasteiger charge is -2.15. The van der Waals surface area contributed by atoms with Gasteiger partial charge in [-0.2, -0.15) is 0 Å². The minimum absolute atomic E-state index is 0.692. The third-order valence-corrected chi connectivity index (χ3v) is 6.72. The summed E-state index contributed by atoms with van der Waals surface area (Å²) in [6, 6.07) is 37.8. The Labute approximate surface area is 182 Å². The van der Waals surface area contributed by atoms with E-state index >= 15 is 0 Å². The zero-order valence-corrected chi connectivity index (χ0v) is 17.9. The maximum absolute atomic E-state index is 12.8. The standard InChI is InChI=1S/C28H26OS/c29-30(21-19-25-15-7-9-17-27(25)23-11-3-1-4-12-23)22-20-26-16-8-10-18-28(26)24-13-5-2-6-14-24/h1-18H,19-22H2. The molecule has 2 heteroatoms. The molecule has 0 N–H and O–H groups in total. The van der Waals surface area contributed by atoms with Crippen LogP contribution in [0.25, 0.3) is 22.3 Å². The topological polar surface area (TPSA) is 23.1 Å². The monoisotopic (exact) mass is 410 g/mol. The van der Waals surface area contributed by atoms with Crippen molar-refractivity contribution in [3.63, 3.8) is 0 Å². The van der Waals surface area contributed by atoms with Crippen molar-refractivity contribution < 1.29 is 4.55 Å². The molecular formula is C28H26OS. The number of benzene rings is 4. The van der Waals surface area contributed by atoms with Crippen LogP contribution in [0.2, 0.25) is 0 Å². The fourth-order valence-corrected chi connectivity index (χ4v) is 4.92. The van der Waals surface area contributed by atoms with E-state index in [4.69, 9.17) is 0 Å². The second kappa shape index (κ2) is 10.3. The first kappa shape index (κ1) is 20.5. The quantitative estimate of drug-likeness (QED) is 0.302. The number of aryl methyl sites for hydroxylation is 2. The minimum Gasteiger partial charge on any atom is -0.616 e. The lowest BCUT2D eigenvalue weighted by atomic mass is 9.98. The van der Waals surface area contributed by atoms with Gasteiger partial charge in [0.05, 0.1) is 0 Å². The average molecular weight is 411 g/mol. The summed E-state index contributed by atoms with van der Waals surface area (Å²) >= 11 is -0.850. The molecule has 0 saturated heterocycles. The van der Waals surface area contributed by atoms with E-state index in [1.165, 1.54) is 33.4 Å². The van der Waals surface area contributed by atoms with Gasteiger partial charge in [-0.15, -0.1) is 0 Å². The van der Waals surface area contributed by atoms with E-state index in [0.717, 1.165) is 12.8 Å². The Hall–Kier alpha value is -2.81. The molecule has 1 nitrogen and oxygen atoms in total. The van der Waals surface area contributed by atoms with Gasteiger partial charge in [0, 0.05) is 12.8 Å². The average Bonchev–Trinajstić information content (AvgIpc) is 2.83. The molecule has 0 unspecified atom stereocenters. The first-order valence-electron chi connectivity index (χ1n) is 10.4. The van der Waals surface area contributed by atoms with Gasteiger partial charge in [-0.1, -0.05) is 120 Å². The van der Waals surface area contributed by atoms with Crippen LogP contribution in [-0.4, -0.2) is 16.1 Å². The van der Waals surface area contributed by atoms with Crippen molar-refractivity contribution in [1.29, 1.82) is 0 Å². The SMILES string of the molecule is [O-][S+](CCc1ccccc1-c1ccccc1)CCc1ccccc1-c1ccccc1. The highest BCUT2D eigenvalue weighted by Crippen LogP contribution is 2.26. The summed E-state index contributed by atoms with van der Waals surface area (Å²) in [7, 11) is 0. The van der Waals surface area contributed by atoms with Gasteiger partial charge >= 0.3 is 0 Å². The van der Waals surface area contributed by atoms with Gasteiger partial charge in [0.15, 0.2) is 0 Å². The van der Waals surface area contributed by atoms with Crippen LogP contribution in [0.3, 0.4) is 0 Å². The van der Waals surface area contributed by atoms with Crippen molar-refractivity contribution in [3.8, 4) is 22.3 Å². The Morgan fingerprint density at radius 1 is 0.467 bits per heavy atom. The predicted molar refractivity (Wildman–Crippen MR) is 129 cm³/mol. The Morgan fingerprint density at radius 2 is 0.833 bits per heavy atom. The van der Waals surface area contributed by atoms with Crippen molar-refractivity contribution in [2.75, 3.05) is 11.5 Å². The molecule has 0 atom stereocenters. The summed E-state index contributed by atoms with van der Waals surface area (Å²) in [5.74, 6) is 1.38. The van der Waals surface area contributed by atoms with Crippen LogP contribution in [0.5, 0.6) is 0 Å². The van der Waals surface area contributed by atoms with Crippen LogP contribution in [0.15, 0.2) is 109 Å². The Balaban J connectivity index is 1.39. The molecule has 150 valence electrons. The van der Waals surface area contributed by atoms with Crippen LogP contribution in [0, 0.1) is 0 Å². The van der Waals surface area contributed by atoms with Crippen molar-refractivity contribution >= 4 is 11.2 Å². The maximum Gasteiger partial charge on any atom is 0.109 e. The molecule has 0 aliphatic rings. The summed E-state index contributed by atoms with van der Waals surface area (Å²) in [5.41, 5.74) is 7.45. The van der Waals surface area contributed by atoms with Crippen LogP contribution in [-0.2, 0) is 24.0 Å². The molecule has 0 aliphatic heterocycles. The van der Waals surface area contributed by atoms with Gasteiger partial charge in [-0.05, 0) is 33.4 Å². The van der Waals surface area contributed by atoms with Crippen LogP contribution in [0.4, 0.5) is 0 Å². The summed E-state index contributed by atoms with van der Waals surface area (Å²) in [6.45, 7) is 0. The van der Waals surface area contributed by atoms with Crippen molar-refractivity contribution in [1.82, 2.24) is 0 Å². The largest absolute Gasteiger partial charge is 0.616 e. The van der Waals surface area contributed by atoms with Gasteiger partial charge in [0.2, 0.25) is 0 Å². The molecule has 0 radical (unpaired) electrons. The van der Waals surface area contributed by atoms with Gasteiger partial charge in [-0.25, -0.2) is 0 Å². The van der Waals surface area contributed by atoms with Crippen LogP contribution < -0.4 is 0 Å². The molecule has 0 aliphatic carbocycles. The van der Waals surface area contributed by atoms with E-state index in [1.807, 2.05) is 12.1 Å². The van der Waals surface area contributed by atoms with E-state index in [2.05, 4.69) is 97.1 Å². The number of rotatable bonds is 8. The van der Waals surface area contributed by atoms with Gasteiger partial charge < -0.3 is 4.55 Å². The highest BCUT2D eigenvalue weighted by molar-refractivity contribution is 7.91. The molecule has 0 aromatic heterocycles. The smallest absolute Gasteiger partial charge is 0.109 e. The number of hydrogen-bond acceptors (Lipinski definition) is 1. The third-order valence-electron chi connectivity index (χ3n) is 5.40. The van der Waals surface area contributed by atoms with Crippen LogP contribution >= 0.6 is 0 Å². The van der Waals surface area contributed by atoms with Crippen LogP contribution in [0.1, 0.15) is 11.1 Å². The lowest BCUT2D eigenvalue weighted by molar-refractivity contribution is 0.593. The molecule has 0 bridgehead atoms. The normalized spacial score (nSPS) is 11.0. The highest BCUT2D eigenvalue weighted by Gasteiger charge is 2.12. The van der Waals surface area contributed by atoms with Gasteiger partial charge in [0.25, 0.3) is 0 Å².